The lowest BCUT2D eigenvalue weighted by Crippen LogP contribution is -2.51. The SMILES string of the molecule is [N-]=[N+]=NC1C(O)OCC(O)C1O. The topological polar surface area (TPSA) is 119 Å². The lowest BCUT2D eigenvalue weighted by atomic mass is 10.0. The van der Waals surface area contributed by atoms with Crippen LogP contribution in [0.15, 0.2) is 5.11 Å². The summed E-state index contributed by atoms with van der Waals surface area (Å²) in [6.07, 6.45) is -3.74. The third-order valence-corrected chi connectivity index (χ3v) is 1.66. The van der Waals surface area contributed by atoms with Gasteiger partial charge in [0.1, 0.15) is 12.1 Å². The molecular formula is C5H9N3O4. The van der Waals surface area contributed by atoms with E-state index < -0.39 is 24.5 Å². The number of hydrogen-bond acceptors (Lipinski definition) is 5. The van der Waals surface area contributed by atoms with Gasteiger partial charge >= 0.3 is 0 Å². The lowest BCUT2D eigenvalue weighted by Gasteiger charge is -2.32. The Morgan fingerprint density at radius 3 is 2.67 bits per heavy atom. The molecule has 1 fully saturated rings. The van der Waals surface area contributed by atoms with Gasteiger partial charge in [-0.3, -0.25) is 0 Å². The molecule has 0 aromatic carbocycles. The van der Waals surface area contributed by atoms with Gasteiger partial charge in [0.2, 0.25) is 0 Å². The van der Waals surface area contributed by atoms with Gasteiger partial charge in [0.15, 0.2) is 6.29 Å². The summed E-state index contributed by atoms with van der Waals surface area (Å²) in [5.41, 5.74) is 8.04. The molecular weight excluding hydrogens is 166 g/mol. The summed E-state index contributed by atoms with van der Waals surface area (Å²) in [5.74, 6) is 0. The fraction of sp³-hybridized carbons (Fsp3) is 1.00. The van der Waals surface area contributed by atoms with Crippen LogP contribution in [0.3, 0.4) is 0 Å². The van der Waals surface area contributed by atoms with E-state index in [4.69, 9.17) is 15.7 Å². The second kappa shape index (κ2) is 3.70. The maximum Gasteiger partial charge on any atom is 0.165 e. The molecule has 0 aromatic heterocycles. The van der Waals surface area contributed by atoms with Crippen molar-refractivity contribution in [1.82, 2.24) is 0 Å². The van der Waals surface area contributed by atoms with Crippen molar-refractivity contribution in [2.75, 3.05) is 6.61 Å². The minimum absolute atomic E-state index is 0.167. The lowest BCUT2D eigenvalue weighted by molar-refractivity contribution is -0.204. The fourth-order valence-corrected chi connectivity index (χ4v) is 0.976. The minimum Gasteiger partial charge on any atom is -0.390 e. The molecule has 0 saturated carbocycles. The van der Waals surface area contributed by atoms with E-state index in [1.807, 2.05) is 0 Å². The first-order valence-electron chi connectivity index (χ1n) is 3.37. The second-order valence-electron chi connectivity index (χ2n) is 2.48. The van der Waals surface area contributed by atoms with Crippen LogP contribution in [-0.2, 0) is 4.74 Å². The Bertz CT molecular complexity index is 205. The standard InChI is InChI=1S/C5H9N3O4/c6-8-7-3-4(10)2(9)1-12-5(3)11/h2-5,9-11H,1H2. The molecule has 0 bridgehead atoms. The van der Waals surface area contributed by atoms with Crippen LogP contribution >= 0.6 is 0 Å². The van der Waals surface area contributed by atoms with Crippen molar-refractivity contribution in [2.45, 2.75) is 24.5 Å². The number of rotatable bonds is 1. The van der Waals surface area contributed by atoms with Gasteiger partial charge in [-0.05, 0) is 5.53 Å². The normalized spacial score (nSPS) is 41.9. The summed E-state index contributed by atoms with van der Waals surface area (Å²) in [4.78, 5) is 2.41. The molecule has 1 rings (SSSR count). The predicted molar refractivity (Wildman–Crippen MR) is 36.9 cm³/mol. The van der Waals surface area contributed by atoms with Crippen molar-refractivity contribution in [3.63, 3.8) is 0 Å². The van der Waals surface area contributed by atoms with Crippen LogP contribution in [0.2, 0.25) is 0 Å². The van der Waals surface area contributed by atoms with E-state index in [9.17, 15) is 5.11 Å². The summed E-state index contributed by atoms with van der Waals surface area (Å²) >= 11 is 0. The molecule has 1 saturated heterocycles. The van der Waals surface area contributed by atoms with Gasteiger partial charge in [0, 0.05) is 4.91 Å². The molecule has 7 heteroatoms. The predicted octanol–water partition coefficient (Wildman–Crippen LogP) is -1.26. The number of nitrogens with zero attached hydrogens (tertiary/aromatic N) is 3. The van der Waals surface area contributed by atoms with E-state index in [1.165, 1.54) is 0 Å². The molecule has 68 valence electrons. The second-order valence-corrected chi connectivity index (χ2v) is 2.48. The van der Waals surface area contributed by atoms with Crippen molar-refractivity contribution in [2.24, 2.45) is 5.11 Å². The van der Waals surface area contributed by atoms with E-state index >= 15 is 0 Å². The van der Waals surface area contributed by atoms with Crippen LogP contribution in [0.25, 0.3) is 10.4 Å². The Hall–Kier alpha value is -0.850. The van der Waals surface area contributed by atoms with Crippen molar-refractivity contribution in [3.05, 3.63) is 10.4 Å². The minimum atomic E-state index is -1.35. The van der Waals surface area contributed by atoms with Gasteiger partial charge < -0.3 is 20.1 Å². The summed E-state index contributed by atoms with van der Waals surface area (Å²) in [7, 11) is 0. The zero-order chi connectivity index (χ0) is 9.14. The van der Waals surface area contributed by atoms with Gasteiger partial charge in [-0.25, -0.2) is 0 Å². The molecule has 0 amide bonds. The third kappa shape index (κ3) is 1.66. The zero-order valence-corrected chi connectivity index (χ0v) is 6.11. The van der Waals surface area contributed by atoms with E-state index in [0.717, 1.165) is 0 Å². The Morgan fingerprint density at radius 1 is 1.42 bits per heavy atom. The van der Waals surface area contributed by atoms with Crippen molar-refractivity contribution >= 4 is 0 Å². The number of aliphatic hydroxyl groups is 3. The Labute approximate surface area is 67.8 Å². The van der Waals surface area contributed by atoms with Crippen LogP contribution in [0, 0.1) is 0 Å². The molecule has 1 aliphatic rings. The molecule has 1 heterocycles. The van der Waals surface area contributed by atoms with E-state index in [2.05, 4.69) is 14.8 Å². The van der Waals surface area contributed by atoms with Gasteiger partial charge in [-0.1, -0.05) is 5.11 Å². The smallest absolute Gasteiger partial charge is 0.165 e. The maximum atomic E-state index is 9.18. The summed E-state index contributed by atoms with van der Waals surface area (Å²) in [5, 5.41) is 30.3. The van der Waals surface area contributed by atoms with E-state index in [0.29, 0.717) is 0 Å². The summed E-state index contributed by atoms with van der Waals surface area (Å²) in [6, 6.07) is -1.14. The summed E-state index contributed by atoms with van der Waals surface area (Å²) < 4.78 is 4.61. The van der Waals surface area contributed by atoms with Crippen molar-refractivity contribution in [3.8, 4) is 0 Å². The van der Waals surface area contributed by atoms with E-state index in [1.54, 1.807) is 0 Å². The quantitative estimate of drug-likeness (QED) is 0.261. The summed E-state index contributed by atoms with van der Waals surface area (Å²) in [6.45, 7) is -0.167. The van der Waals surface area contributed by atoms with Gasteiger partial charge in [0.25, 0.3) is 0 Å². The highest BCUT2D eigenvalue weighted by molar-refractivity contribution is 4.87. The average molecular weight is 175 g/mol. The number of hydrogen-bond donors (Lipinski definition) is 3. The number of ether oxygens (including phenoxy) is 1. The highest BCUT2D eigenvalue weighted by atomic mass is 16.6. The Balaban J connectivity index is 2.71. The fourth-order valence-electron chi connectivity index (χ4n) is 0.976. The largest absolute Gasteiger partial charge is 0.390 e. The van der Waals surface area contributed by atoms with Gasteiger partial charge in [-0.2, -0.15) is 0 Å². The van der Waals surface area contributed by atoms with Crippen LogP contribution in [-0.4, -0.2) is 46.5 Å². The molecule has 3 N–H and O–H groups in total. The van der Waals surface area contributed by atoms with Gasteiger partial charge in [-0.15, -0.1) is 0 Å². The molecule has 7 nitrogen and oxygen atoms in total. The van der Waals surface area contributed by atoms with Crippen LogP contribution in [0.1, 0.15) is 0 Å². The molecule has 0 aliphatic carbocycles. The molecule has 0 radical (unpaired) electrons. The molecule has 4 unspecified atom stereocenters. The molecule has 4 atom stereocenters. The molecule has 12 heavy (non-hydrogen) atoms. The molecule has 1 aliphatic heterocycles. The van der Waals surface area contributed by atoms with Crippen molar-refractivity contribution in [1.29, 1.82) is 0 Å². The number of azide groups is 1. The van der Waals surface area contributed by atoms with E-state index in [-0.39, 0.29) is 6.61 Å². The first-order valence-corrected chi connectivity index (χ1v) is 3.37. The monoisotopic (exact) mass is 175 g/mol. The van der Waals surface area contributed by atoms with Gasteiger partial charge in [0.05, 0.1) is 12.7 Å². The van der Waals surface area contributed by atoms with Crippen LogP contribution in [0.4, 0.5) is 0 Å². The Morgan fingerprint density at radius 2 is 2.08 bits per heavy atom. The maximum absolute atomic E-state index is 9.18. The highest BCUT2D eigenvalue weighted by Crippen LogP contribution is 2.16. The first kappa shape index (κ1) is 9.24. The number of aliphatic hydroxyl groups excluding tert-OH is 3. The highest BCUT2D eigenvalue weighted by Gasteiger charge is 2.37. The average Bonchev–Trinajstić information content (AvgIpc) is 2.06. The van der Waals surface area contributed by atoms with Crippen LogP contribution < -0.4 is 0 Å². The Kier molecular flexibility index (Phi) is 2.85. The molecule has 0 aromatic rings. The van der Waals surface area contributed by atoms with Crippen LogP contribution in [0.5, 0.6) is 0 Å². The molecule has 0 spiro atoms. The van der Waals surface area contributed by atoms with Crippen molar-refractivity contribution < 1.29 is 20.1 Å². The zero-order valence-electron chi connectivity index (χ0n) is 6.11. The first-order chi connectivity index (χ1) is 5.66. The third-order valence-electron chi connectivity index (χ3n) is 1.66.